The van der Waals surface area contributed by atoms with Gasteiger partial charge in [0.1, 0.15) is 5.01 Å². The Hall–Kier alpha value is -2.71. The minimum Gasteiger partial charge on any atom is -0.364 e. The number of nitrogens with zero attached hydrogens (tertiary/aromatic N) is 3. The molecule has 3 aromatic rings. The van der Waals surface area contributed by atoms with Crippen LogP contribution in [-0.2, 0) is 11.2 Å². The SMILES string of the molecule is N#CC(C(=O)CN1CCCc2ccccc21)c1nc2ccccc2s1. The lowest BCUT2D eigenvalue weighted by Crippen LogP contribution is -2.36. The maximum absolute atomic E-state index is 12.8. The van der Waals surface area contributed by atoms with E-state index >= 15 is 0 Å². The number of benzene rings is 2. The van der Waals surface area contributed by atoms with E-state index in [0.29, 0.717) is 5.01 Å². The van der Waals surface area contributed by atoms with Crippen molar-refractivity contribution in [2.45, 2.75) is 18.8 Å². The predicted octanol–water partition coefficient (Wildman–Crippen LogP) is 3.93. The van der Waals surface area contributed by atoms with Gasteiger partial charge in [0.2, 0.25) is 0 Å². The Labute approximate surface area is 150 Å². The Morgan fingerprint density at radius 2 is 2.04 bits per heavy atom. The highest BCUT2D eigenvalue weighted by Crippen LogP contribution is 2.30. The summed E-state index contributed by atoms with van der Waals surface area (Å²) < 4.78 is 1.01. The van der Waals surface area contributed by atoms with Gasteiger partial charge in [0.05, 0.1) is 22.8 Å². The lowest BCUT2D eigenvalue weighted by atomic mass is 10.00. The van der Waals surface area contributed by atoms with E-state index in [9.17, 15) is 10.1 Å². The first-order valence-electron chi connectivity index (χ1n) is 8.37. The van der Waals surface area contributed by atoms with E-state index in [4.69, 9.17) is 0 Å². The largest absolute Gasteiger partial charge is 0.364 e. The quantitative estimate of drug-likeness (QED) is 0.718. The topological polar surface area (TPSA) is 57.0 Å². The van der Waals surface area contributed by atoms with Gasteiger partial charge in [0.15, 0.2) is 11.7 Å². The van der Waals surface area contributed by atoms with Gasteiger partial charge in [-0.2, -0.15) is 5.26 Å². The molecule has 0 fully saturated rings. The number of rotatable bonds is 4. The number of carbonyl (C=O) groups is 1. The van der Waals surface area contributed by atoms with Crippen LogP contribution < -0.4 is 4.90 Å². The highest BCUT2D eigenvalue weighted by Gasteiger charge is 2.27. The zero-order valence-corrected chi connectivity index (χ0v) is 14.5. The number of thiazole rings is 1. The van der Waals surface area contributed by atoms with Crippen LogP contribution in [0.1, 0.15) is 22.9 Å². The van der Waals surface area contributed by atoms with Crippen molar-refractivity contribution in [3.8, 4) is 6.07 Å². The molecule has 0 N–H and O–H groups in total. The summed E-state index contributed by atoms with van der Waals surface area (Å²) >= 11 is 1.43. The van der Waals surface area contributed by atoms with Gasteiger partial charge in [-0.1, -0.05) is 30.3 Å². The Balaban J connectivity index is 1.58. The molecule has 2 heterocycles. The summed E-state index contributed by atoms with van der Waals surface area (Å²) in [6.07, 6.45) is 2.07. The second kappa shape index (κ2) is 6.66. The fraction of sp³-hybridized carbons (Fsp3) is 0.250. The van der Waals surface area contributed by atoms with Crippen molar-refractivity contribution in [1.82, 2.24) is 4.98 Å². The highest BCUT2D eigenvalue weighted by molar-refractivity contribution is 7.18. The van der Waals surface area contributed by atoms with Gasteiger partial charge in [0, 0.05) is 12.2 Å². The standard InChI is InChI=1S/C20H17N3OS/c21-12-15(20-22-16-8-2-4-10-19(16)25-20)18(24)13-23-11-5-7-14-6-1-3-9-17(14)23/h1-4,6,8-10,15H,5,7,11,13H2. The molecule has 0 saturated carbocycles. The third-order valence-corrected chi connectivity index (χ3v) is 5.66. The van der Waals surface area contributed by atoms with Gasteiger partial charge in [-0.05, 0) is 36.6 Å². The number of nitriles is 1. The second-order valence-electron chi connectivity index (χ2n) is 6.20. The number of ketones is 1. The monoisotopic (exact) mass is 347 g/mol. The van der Waals surface area contributed by atoms with E-state index in [2.05, 4.69) is 28.1 Å². The molecule has 0 aliphatic carbocycles. The van der Waals surface area contributed by atoms with Crippen LogP contribution in [0.25, 0.3) is 10.2 Å². The number of aromatic nitrogens is 1. The van der Waals surface area contributed by atoms with Gasteiger partial charge in [-0.25, -0.2) is 4.98 Å². The number of anilines is 1. The third kappa shape index (κ3) is 3.01. The number of carbonyl (C=O) groups excluding carboxylic acids is 1. The normalized spacial score (nSPS) is 14.8. The number of hydrogen-bond donors (Lipinski definition) is 0. The van der Waals surface area contributed by atoms with E-state index in [0.717, 1.165) is 35.3 Å². The second-order valence-corrected chi connectivity index (χ2v) is 7.26. The number of Topliss-reactive ketones (excluding diaryl/α,β-unsaturated/α-hetero) is 1. The maximum Gasteiger partial charge on any atom is 0.176 e. The molecule has 1 unspecified atom stereocenters. The first-order chi connectivity index (χ1) is 12.3. The third-order valence-electron chi connectivity index (χ3n) is 4.56. The fourth-order valence-electron chi connectivity index (χ4n) is 3.33. The van der Waals surface area contributed by atoms with Crippen molar-refractivity contribution >= 4 is 33.0 Å². The van der Waals surface area contributed by atoms with Crippen LogP contribution in [0.3, 0.4) is 0 Å². The molecule has 124 valence electrons. The summed E-state index contributed by atoms with van der Waals surface area (Å²) in [6, 6.07) is 18.1. The molecule has 4 nitrogen and oxygen atoms in total. The van der Waals surface area contributed by atoms with Crippen LogP contribution in [0, 0.1) is 11.3 Å². The van der Waals surface area contributed by atoms with Gasteiger partial charge < -0.3 is 4.90 Å². The summed E-state index contributed by atoms with van der Waals surface area (Å²) in [4.78, 5) is 19.4. The molecule has 0 bridgehead atoms. The van der Waals surface area contributed by atoms with Crippen molar-refractivity contribution in [3.05, 3.63) is 59.1 Å². The molecule has 5 heteroatoms. The average molecular weight is 347 g/mol. The van der Waals surface area contributed by atoms with Crippen molar-refractivity contribution < 1.29 is 4.79 Å². The van der Waals surface area contributed by atoms with Gasteiger partial charge in [-0.15, -0.1) is 11.3 Å². The molecule has 1 aliphatic rings. The van der Waals surface area contributed by atoms with Crippen molar-refractivity contribution in [2.75, 3.05) is 18.0 Å². The molecule has 0 radical (unpaired) electrons. The summed E-state index contributed by atoms with van der Waals surface area (Å²) in [5.74, 6) is -0.884. The minimum absolute atomic E-state index is 0.0849. The van der Waals surface area contributed by atoms with E-state index in [-0.39, 0.29) is 12.3 Å². The Morgan fingerprint density at radius 3 is 2.88 bits per heavy atom. The molecular weight excluding hydrogens is 330 g/mol. The molecule has 0 amide bonds. The first-order valence-corrected chi connectivity index (χ1v) is 9.18. The summed E-state index contributed by atoms with van der Waals surface area (Å²) in [5, 5.41) is 10.2. The van der Waals surface area contributed by atoms with Crippen LogP contribution in [0.2, 0.25) is 0 Å². The van der Waals surface area contributed by atoms with Crippen molar-refractivity contribution in [3.63, 3.8) is 0 Å². The Morgan fingerprint density at radius 1 is 1.24 bits per heavy atom. The van der Waals surface area contributed by atoms with Crippen LogP contribution in [0.4, 0.5) is 5.69 Å². The number of hydrogen-bond acceptors (Lipinski definition) is 5. The average Bonchev–Trinajstić information content (AvgIpc) is 3.06. The summed E-state index contributed by atoms with van der Waals surface area (Å²) in [5.41, 5.74) is 3.23. The van der Waals surface area contributed by atoms with Gasteiger partial charge in [-0.3, -0.25) is 4.79 Å². The molecule has 1 aromatic heterocycles. The number of para-hydroxylation sites is 2. The lowest BCUT2D eigenvalue weighted by Gasteiger charge is -2.31. The van der Waals surface area contributed by atoms with Crippen LogP contribution in [-0.4, -0.2) is 23.9 Å². The molecular formula is C20H17N3OS. The van der Waals surface area contributed by atoms with E-state index in [1.807, 2.05) is 36.4 Å². The molecule has 0 spiro atoms. The molecule has 1 aliphatic heterocycles. The Kier molecular flexibility index (Phi) is 4.21. The van der Waals surface area contributed by atoms with E-state index < -0.39 is 5.92 Å². The molecule has 4 rings (SSSR count). The number of aryl methyl sites for hydroxylation is 1. The maximum atomic E-state index is 12.8. The molecule has 0 saturated heterocycles. The summed E-state index contributed by atoms with van der Waals surface area (Å²) in [6.45, 7) is 1.10. The van der Waals surface area contributed by atoms with Crippen molar-refractivity contribution in [1.29, 1.82) is 5.26 Å². The zero-order chi connectivity index (χ0) is 17.2. The Bertz CT molecular complexity index is 939. The molecule has 25 heavy (non-hydrogen) atoms. The van der Waals surface area contributed by atoms with Gasteiger partial charge >= 0.3 is 0 Å². The smallest absolute Gasteiger partial charge is 0.176 e. The lowest BCUT2D eigenvalue weighted by molar-refractivity contribution is -0.118. The van der Waals surface area contributed by atoms with Crippen LogP contribution in [0.15, 0.2) is 48.5 Å². The predicted molar refractivity (Wildman–Crippen MR) is 100.0 cm³/mol. The summed E-state index contributed by atoms with van der Waals surface area (Å²) in [7, 11) is 0. The van der Waals surface area contributed by atoms with E-state index in [1.54, 1.807) is 0 Å². The molecule has 1 atom stereocenters. The minimum atomic E-state index is -0.800. The molecule has 2 aromatic carbocycles. The van der Waals surface area contributed by atoms with Gasteiger partial charge in [0.25, 0.3) is 0 Å². The fourth-order valence-corrected chi connectivity index (χ4v) is 4.37. The van der Waals surface area contributed by atoms with Crippen molar-refractivity contribution in [2.24, 2.45) is 0 Å². The highest BCUT2D eigenvalue weighted by atomic mass is 32.1. The first kappa shape index (κ1) is 15.8. The zero-order valence-electron chi connectivity index (χ0n) is 13.7. The van der Waals surface area contributed by atoms with Crippen LogP contribution >= 0.6 is 11.3 Å². The van der Waals surface area contributed by atoms with E-state index in [1.165, 1.54) is 16.9 Å². The van der Waals surface area contributed by atoms with Crippen LogP contribution in [0.5, 0.6) is 0 Å². The number of fused-ring (bicyclic) bond motifs is 2.